The number of nitrogens with one attached hydrogen (secondary N) is 1. The second-order valence-corrected chi connectivity index (χ2v) is 3.88. The highest BCUT2D eigenvalue weighted by atomic mass is 16.5. The zero-order valence-electron chi connectivity index (χ0n) is 9.68. The van der Waals surface area contributed by atoms with Crippen molar-refractivity contribution in [2.75, 3.05) is 20.3 Å². The van der Waals surface area contributed by atoms with Crippen molar-refractivity contribution in [3.63, 3.8) is 0 Å². The number of amides is 2. The molecular weight excluding hydrogens is 224 g/mol. The van der Waals surface area contributed by atoms with Gasteiger partial charge in [-0.25, -0.2) is 9.59 Å². The average molecular weight is 240 g/mol. The fourth-order valence-corrected chi connectivity index (χ4v) is 1.56. The number of terminal acetylenes is 1. The van der Waals surface area contributed by atoms with E-state index in [9.17, 15) is 9.59 Å². The highest BCUT2D eigenvalue weighted by molar-refractivity contribution is 5.82. The maximum Gasteiger partial charge on any atom is 0.327 e. The monoisotopic (exact) mass is 240 g/mol. The molecule has 0 aromatic rings. The lowest BCUT2D eigenvalue weighted by Gasteiger charge is -2.25. The van der Waals surface area contributed by atoms with Crippen molar-refractivity contribution >= 4 is 12.0 Å². The van der Waals surface area contributed by atoms with Gasteiger partial charge in [0.15, 0.2) is 0 Å². The highest BCUT2D eigenvalue weighted by Gasteiger charge is 2.27. The number of hydrogen-bond acceptors (Lipinski definition) is 3. The van der Waals surface area contributed by atoms with Crippen molar-refractivity contribution in [2.24, 2.45) is 0 Å². The molecule has 0 radical (unpaired) electrons. The molecule has 2 unspecified atom stereocenters. The van der Waals surface area contributed by atoms with E-state index in [0.717, 1.165) is 6.42 Å². The third-order valence-corrected chi connectivity index (χ3v) is 2.69. The standard InChI is InChI=1S/C11H16N2O4/c1-3-4-9(10(14)15)12-11(16)13(2)8-5-6-17-7-8/h1,8-9H,4-7H2,2H3,(H,12,16)(H,14,15). The van der Waals surface area contributed by atoms with Crippen molar-refractivity contribution in [3.8, 4) is 12.3 Å². The van der Waals surface area contributed by atoms with E-state index in [0.29, 0.717) is 13.2 Å². The van der Waals surface area contributed by atoms with Crippen LogP contribution in [-0.4, -0.2) is 54.4 Å². The van der Waals surface area contributed by atoms with Crippen LogP contribution in [0.1, 0.15) is 12.8 Å². The van der Waals surface area contributed by atoms with E-state index in [2.05, 4.69) is 11.2 Å². The fourth-order valence-electron chi connectivity index (χ4n) is 1.56. The molecule has 1 aliphatic heterocycles. The molecule has 94 valence electrons. The first-order valence-corrected chi connectivity index (χ1v) is 5.33. The molecule has 0 bridgehead atoms. The van der Waals surface area contributed by atoms with E-state index in [4.69, 9.17) is 16.3 Å². The van der Waals surface area contributed by atoms with Gasteiger partial charge < -0.3 is 20.1 Å². The van der Waals surface area contributed by atoms with Gasteiger partial charge in [0.05, 0.1) is 12.6 Å². The summed E-state index contributed by atoms with van der Waals surface area (Å²) >= 11 is 0. The summed E-state index contributed by atoms with van der Waals surface area (Å²) < 4.78 is 5.16. The van der Waals surface area contributed by atoms with E-state index < -0.39 is 18.0 Å². The van der Waals surface area contributed by atoms with E-state index >= 15 is 0 Å². The average Bonchev–Trinajstić information content (AvgIpc) is 2.80. The molecule has 1 fully saturated rings. The van der Waals surface area contributed by atoms with E-state index in [-0.39, 0.29) is 12.5 Å². The molecule has 0 aromatic heterocycles. The number of urea groups is 1. The van der Waals surface area contributed by atoms with Crippen molar-refractivity contribution in [1.29, 1.82) is 0 Å². The van der Waals surface area contributed by atoms with Crippen LogP contribution >= 0.6 is 0 Å². The van der Waals surface area contributed by atoms with Gasteiger partial charge in [-0.3, -0.25) is 0 Å². The van der Waals surface area contributed by atoms with E-state index in [1.54, 1.807) is 7.05 Å². The van der Waals surface area contributed by atoms with Crippen molar-refractivity contribution in [2.45, 2.75) is 24.9 Å². The van der Waals surface area contributed by atoms with Crippen LogP contribution in [-0.2, 0) is 9.53 Å². The molecule has 17 heavy (non-hydrogen) atoms. The molecule has 2 N–H and O–H groups in total. The Morgan fingerprint density at radius 2 is 2.41 bits per heavy atom. The number of carboxylic acids is 1. The minimum atomic E-state index is -1.13. The maximum atomic E-state index is 11.7. The molecule has 0 aromatic carbocycles. The normalized spacial score (nSPS) is 20.4. The minimum Gasteiger partial charge on any atom is -0.480 e. The van der Waals surface area contributed by atoms with E-state index in [1.807, 2.05) is 0 Å². The van der Waals surface area contributed by atoms with Crippen LogP contribution in [0.15, 0.2) is 0 Å². The summed E-state index contributed by atoms with van der Waals surface area (Å²) in [5.74, 6) is 1.09. The summed E-state index contributed by atoms with van der Waals surface area (Å²) in [5.41, 5.74) is 0. The van der Waals surface area contributed by atoms with Gasteiger partial charge in [-0.05, 0) is 6.42 Å². The molecule has 6 nitrogen and oxygen atoms in total. The number of nitrogens with zero attached hydrogens (tertiary/aromatic N) is 1. The van der Waals surface area contributed by atoms with Gasteiger partial charge in [0.25, 0.3) is 0 Å². The van der Waals surface area contributed by atoms with Crippen LogP contribution in [0.25, 0.3) is 0 Å². The Labute approximate surface area is 99.9 Å². The first kappa shape index (κ1) is 13.3. The smallest absolute Gasteiger partial charge is 0.327 e. The summed E-state index contributed by atoms with van der Waals surface area (Å²) in [6.07, 6.45) is 5.77. The number of carboxylic acid groups (broad SMARTS) is 1. The Morgan fingerprint density at radius 3 is 2.88 bits per heavy atom. The number of hydrogen-bond donors (Lipinski definition) is 2. The van der Waals surface area contributed by atoms with Crippen molar-refractivity contribution in [1.82, 2.24) is 10.2 Å². The van der Waals surface area contributed by atoms with E-state index in [1.165, 1.54) is 4.90 Å². The summed E-state index contributed by atoms with van der Waals surface area (Å²) in [6.45, 7) is 1.10. The quantitative estimate of drug-likeness (QED) is 0.672. The summed E-state index contributed by atoms with van der Waals surface area (Å²) in [6, 6.07) is -1.49. The highest BCUT2D eigenvalue weighted by Crippen LogP contribution is 2.10. The van der Waals surface area contributed by atoms with Crippen LogP contribution in [0.5, 0.6) is 0 Å². The SMILES string of the molecule is C#CCC(NC(=O)N(C)C1CCOC1)C(=O)O. The molecule has 1 rings (SSSR count). The lowest BCUT2D eigenvalue weighted by atomic mass is 10.2. The van der Waals surface area contributed by atoms with Crippen LogP contribution in [0.3, 0.4) is 0 Å². The van der Waals surface area contributed by atoms with Gasteiger partial charge in [-0.15, -0.1) is 12.3 Å². The molecule has 1 saturated heterocycles. The second-order valence-electron chi connectivity index (χ2n) is 3.88. The Hall–Kier alpha value is -1.74. The number of carbonyl (C=O) groups is 2. The Bertz CT molecular complexity index is 331. The van der Waals surface area contributed by atoms with Crippen LogP contribution in [0.2, 0.25) is 0 Å². The van der Waals surface area contributed by atoms with Crippen molar-refractivity contribution in [3.05, 3.63) is 0 Å². The van der Waals surface area contributed by atoms with Crippen LogP contribution in [0, 0.1) is 12.3 Å². The zero-order valence-corrected chi connectivity index (χ0v) is 9.68. The zero-order chi connectivity index (χ0) is 12.8. The Balaban J connectivity index is 2.51. The van der Waals surface area contributed by atoms with Gasteiger partial charge in [-0.2, -0.15) is 0 Å². The van der Waals surface area contributed by atoms with Gasteiger partial charge in [0.2, 0.25) is 0 Å². The molecule has 2 atom stereocenters. The van der Waals surface area contributed by atoms with Gasteiger partial charge >= 0.3 is 12.0 Å². The Morgan fingerprint density at radius 1 is 1.71 bits per heavy atom. The number of ether oxygens (including phenoxy) is 1. The van der Waals surface area contributed by atoms with Gasteiger partial charge in [-0.1, -0.05) is 0 Å². The van der Waals surface area contributed by atoms with Gasteiger partial charge in [0.1, 0.15) is 6.04 Å². The minimum absolute atomic E-state index is 0.00437. The Kier molecular flexibility index (Phi) is 4.79. The summed E-state index contributed by atoms with van der Waals surface area (Å²) in [7, 11) is 1.61. The number of aliphatic carboxylic acids is 1. The fraction of sp³-hybridized carbons (Fsp3) is 0.636. The summed E-state index contributed by atoms with van der Waals surface area (Å²) in [5, 5.41) is 11.2. The maximum absolute atomic E-state index is 11.7. The molecule has 0 spiro atoms. The second kappa shape index (κ2) is 6.11. The first-order valence-electron chi connectivity index (χ1n) is 5.33. The predicted molar refractivity (Wildman–Crippen MR) is 60.4 cm³/mol. The molecule has 0 saturated carbocycles. The third kappa shape index (κ3) is 3.64. The van der Waals surface area contributed by atoms with Crippen LogP contribution < -0.4 is 5.32 Å². The number of likely N-dealkylation sites (N-methyl/N-ethyl adjacent to an activating group) is 1. The molecule has 1 heterocycles. The molecule has 1 aliphatic rings. The van der Waals surface area contributed by atoms with Crippen LogP contribution in [0.4, 0.5) is 4.79 Å². The molecule has 6 heteroatoms. The van der Waals surface area contributed by atoms with Crippen molar-refractivity contribution < 1.29 is 19.4 Å². The number of rotatable bonds is 4. The molecule has 2 amide bonds. The molecule has 0 aliphatic carbocycles. The molecular formula is C11H16N2O4. The largest absolute Gasteiger partial charge is 0.480 e. The van der Waals surface area contributed by atoms with Gasteiger partial charge in [0, 0.05) is 20.1 Å². The predicted octanol–water partition coefficient (Wildman–Crippen LogP) is -0.107. The topological polar surface area (TPSA) is 78.9 Å². The lowest BCUT2D eigenvalue weighted by Crippen LogP contribution is -2.49. The lowest BCUT2D eigenvalue weighted by molar-refractivity contribution is -0.139. The first-order chi connectivity index (χ1) is 8.06. The third-order valence-electron chi connectivity index (χ3n) is 2.69. The summed E-state index contributed by atoms with van der Waals surface area (Å²) in [4.78, 5) is 24.0. The number of carbonyl (C=O) groups excluding carboxylic acids is 1.